The molecule has 0 spiro atoms. The lowest BCUT2D eigenvalue weighted by molar-refractivity contribution is 0.0205. The fourth-order valence-corrected chi connectivity index (χ4v) is 2.26. The predicted octanol–water partition coefficient (Wildman–Crippen LogP) is 1.47. The Hall–Kier alpha value is -1.90. The zero-order valence-corrected chi connectivity index (χ0v) is 11.9. The lowest BCUT2D eigenvalue weighted by atomic mass is 10.0. The van der Waals surface area contributed by atoms with Gasteiger partial charge in [0.25, 0.3) is 5.91 Å². The Kier molecular flexibility index (Phi) is 4.94. The molecule has 1 aliphatic rings. The zero-order chi connectivity index (χ0) is 15.3. The van der Waals surface area contributed by atoms with Crippen LogP contribution in [-0.4, -0.2) is 36.4 Å². The Morgan fingerprint density at radius 2 is 2.38 bits per heavy atom. The monoisotopic (exact) mass is 291 g/mol. The van der Waals surface area contributed by atoms with Crippen LogP contribution in [0.15, 0.2) is 18.2 Å². The molecule has 1 amide bonds. The molecule has 0 bridgehead atoms. The van der Waals surface area contributed by atoms with Crippen LogP contribution in [0.5, 0.6) is 0 Å². The van der Waals surface area contributed by atoms with Crippen LogP contribution in [0.3, 0.4) is 0 Å². The van der Waals surface area contributed by atoms with Crippen LogP contribution in [0, 0.1) is 17.7 Å². The average Bonchev–Trinajstić information content (AvgIpc) is 2.91. The lowest BCUT2D eigenvalue weighted by Gasteiger charge is -2.23. The number of hydrogen-bond acceptors (Lipinski definition) is 3. The molecule has 0 aromatic heterocycles. The van der Waals surface area contributed by atoms with Gasteiger partial charge in [-0.3, -0.25) is 4.79 Å². The van der Waals surface area contributed by atoms with Crippen LogP contribution in [0.1, 0.15) is 35.7 Å². The first kappa shape index (κ1) is 15.5. The van der Waals surface area contributed by atoms with Crippen LogP contribution in [0.2, 0.25) is 0 Å². The van der Waals surface area contributed by atoms with E-state index >= 15 is 0 Å². The van der Waals surface area contributed by atoms with E-state index in [0.29, 0.717) is 18.7 Å². The second kappa shape index (κ2) is 6.70. The number of ether oxygens (including phenoxy) is 1. The number of rotatable bonds is 3. The molecular weight excluding hydrogens is 273 g/mol. The maximum Gasteiger partial charge on any atom is 0.254 e. The Morgan fingerprint density at radius 1 is 1.57 bits per heavy atom. The third kappa shape index (κ3) is 4.03. The summed E-state index contributed by atoms with van der Waals surface area (Å²) >= 11 is 0. The summed E-state index contributed by atoms with van der Waals surface area (Å²) < 4.78 is 19.3. The number of nitrogens with one attached hydrogen (secondary N) is 1. The van der Waals surface area contributed by atoms with Gasteiger partial charge in [-0.05, 0) is 38.0 Å². The van der Waals surface area contributed by atoms with Gasteiger partial charge in [-0.25, -0.2) is 4.39 Å². The van der Waals surface area contributed by atoms with E-state index in [1.807, 2.05) is 6.92 Å². The molecule has 1 unspecified atom stereocenters. The third-order valence-electron chi connectivity index (χ3n) is 3.45. The number of aliphatic hydroxyl groups is 1. The quantitative estimate of drug-likeness (QED) is 0.829. The topological polar surface area (TPSA) is 58.6 Å². The van der Waals surface area contributed by atoms with E-state index in [1.165, 1.54) is 18.2 Å². The number of amides is 1. The number of halogens is 1. The highest BCUT2D eigenvalue weighted by Gasteiger charge is 2.30. The predicted molar refractivity (Wildman–Crippen MR) is 76.3 cm³/mol. The minimum Gasteiger partial charge on any atom is -0.384 e. The normalized spacial score (nSPS) is 20.7. The van der Waals surface area contributed by atoms with Crippen molar-refractivity contribution in [1.29, 1.82) is 0 Å². The number of benzene rings is 1. The molecule has 2 rings (SSSR count). The number of carbonyl (C=O) groups is 1. The van der Waals surface area contributed by atoms with E-state index < -0.39 is 11.7 Å². The van der Waals surface area contributed by atoms with Crippen LogP contribution in [-0.2, 0) is 4.74 Å². The summed E-state index contributed by atoms with van der Waals surface area (Å²) in [5.41, 5.74) is 0.0562. The third-order valence-corrected chi connectivity index (χ3v) is 3.45. The standard InChI is InChI=1S/C16H18FNO3/c1-16(7-3-9-21-16)11-18-15(20)13-10-12(4-2-8-19)5-6-14(13)17/h5-6,10,19H,3,7-9,11H2,1H3,(H,18,20). The molecular formula is C16H18FNO3. The molecule has 1 aromatic rings. The molecule has 21 heavy (non-hydrogen) atoms. The molecule has 112 valence electrons. The van der Waals surface area contributed by atoms with Crippen molar-refractivity contribution in [2.24, 2.45) is 0 Å². The first-order valence-electron chi connectivity index (χ1n) is 6.85. The molecule has 1 aliphatic heterocycles. The summed E-state index contributed by atoms with van der Waals surface area (Å²) in [6, 6.07) is 4.05. The van der Waals surface area contributed by atoms with Crippen LogP contribution < -0.4 is 5.32 Å². The molecule has 2 N–H and O–H groups in total. The fourth-order valence-electron chi connectivity index (χ4n) is 2.26. The molecule has 1 fully saturated rings. The molecule has 0 radical (unpaired) electrons. The van der Waals surface area contributed by atoms with Crippen LogP contribution in [0.4, 0.5) is 4.39 Å². The SMILES string of the molecule is CC1(CNC(=O)c2cc(C#CCO)ccc2F)CCCO1. The van der Waals surface area contributed by atoms with Gasteiger partial charge in [0.1, 0.15) is 12.4 Å². The summed E-state index contributed by atoms with van der Waals surface area (Å²) in [5.74, 6) is 4.03. The van der Waals surface area contributed by atoms with Gasteiger partial charge in [-0.15, -0.1) is 0 Å². The molecule has 4 nitrogen and oxygen atoms in total. The molecule has 1 aromatic carbocycles. The molecule has 1 atom stereocenters. The summed E-state index contributed by atoms with van der Waals surface area (Å²) in [6.07, 6.45) is 1.84. The number of aliphatic hydroxyl groups excluding tert-OH is 1. The first-order chi connectivity index (χ1) is 10.0. The lowest BCUT2D eigenvalue weighted by Crippen LogP contribution is -2.40. The molecule has 1 saturated heterocycles. The maximum absolute atomic E-state index is 13.7. The van der Waals surface area contributed by atoms with Crippen molar-refractivity contribution < 1.29 is 19.0 Å². The van der Waals surface area contributed by atoms with Crippen molar-refractivity contribution in [3.8, 4) is 11.8 Å². The maximum atomic E-state index is 13.7. The van der Waals surface area contributed by atoms with Gasteiger partial charge in [-0.2, -0.15) is 0 Å². The number of hydrogen-bond donors (Lipinski definition) is 2. The summed E-state index contributed by atoms with van der Waals surface area (Å²) in [7, 11) is 0. The largest absolute Gasteiger partial charge is 0.384 e. The minimum absolute atomic E-state index is 0.0543. The minimum atomic E-state index is -0.598. The smallest absolute Gasteiger partial charge is 0.254 e. The second-order valence-corrected chi connectivity index (χ2v) is 5.24. The van der Waals surface area contributed by atoms with Gasteiger partial charge < -0.3 is 15.2 Å². The average molecular weight is 291 g/mol. The highest BCUT2D eigenvalue weighted by atomic mass is 19.1. The summed E-state index contributed by atoms with van der Waals surface area (Å²) in [4.78, 5) is 12.1. The first-order valence-corrected chi connectivity index (χ1v) is 6.85. The van der Waals surface area contributed by atoms with Gasteiger partial charge in [0, 0.05) is 18.7 Å². The highest BCUT2D eigenvalue weighted by Crippen LogP contribution is 2.24. The molecule has 0 saturated carbocycles. The van der Waals surface area contributed by atoms with Gasteiger partial charge >= 0.3 is 0 Å². The van der Waals surface area contributed by atoms with Gasteiger partial charge in [-0.1, -0.05) is 11.8 Å². The summed E-state index contributed by atoms with van der Waals surface area (Å²) in [5, 5.41) is 11.4. The van der Waals surface area contributed by atoms with Crippen molar-refractivity contribution in [2.45, 2.75) is 25.4 Å². The van der Waals surface area contributed by atoms with Gasteiger partial charge in [0.05, 0.1) is 11.2 Å². The molecule has 1 heterocycles. The van der Waals surface area contributed by atoms with E-state index in [2.05, 4.69) is 17.2 Å². The van der Waals surface area contributed by atoms with Crippen LogP contribution >= 0.6 is 0 Å². The zero-order valence-electron chi connectivity index (χ0n) is 11.9. The Balaban J connectivity index is 2.07. The highest BCUT2D eigenvalue weighted by molar-refractivity contribution is 5.94. The van der Waals surface area contributed by atoms with E-state index in [4.69, 9.17) is 9.84 Å². The van der Waals surface area contributed by atoms with Crippen molar-refractivity contribution in [1.82, 2.24) is 5.32 Å². The van der Waals surface area contributed by atoms with Crippen LogP contribution in [0.25, 0.3) is 0 Å². The second-order valence-electron chi connectivity index (χ2n) is 5.24. The summed E-state index contributed by atoms with van der Waals surface area (Å²) in [6.45, 7) is 2.68. The van der Waals surface area contributed by atoms with Crippen molar-refractivity contribution in [3.05, 3.63) is 35.1 Å². The molecule has 0 aliphatic carbocycles. The Labute approximate surface area is 123 Å². The van der Waals surface area contributed by atoms with E-state index in [0.717, 1.165) is 12.8 Å². The van der Waals surface area contributed by atoms with Gasteiger partial charge in [0.2, 0.25) is 0 Å². The van der Waals surface area contributed by atoms with E-state index in [9.17, 15) is 9.18 Å². The van der Waals surface area contributed by atoms with E-state index in [-0.39, 0.29) is 17.8 Å². The van der Waals surface area contributed by atoms with E-state index in [1.54, 1.807) is 0 Å². The molecule has 5 heteroatoms. The Morgan fingerprint density at radius 3 is 3.05 bits per heavy atom. The Bertz CT molecular complexity index is 583. The fraction of sp³-hybridized carbons (Fsp3) is 0.438. The van der Waals surface area contributed by atoms with Gasteiger partial charge in [0.15, 0.2) is 0 Å². The van der Waals surface area contributed by atoms with Crippen molar-refractivity contribution in [2.75, 3.05) is 19.8 Å². The van der Waals surface area contributed by atoms with Crippen molar-refractivity contribution in [3.63, 3.8) is 0 Å². The van der Waals surface area contributed by atoms with Crippen molar-refractivity contribution >= 4 is 5.91 Å². The number of carbonyl (C=O) groups excluding carboxylic acids is 1.